The van der Waals surface area contributed by atoms with Crippen LogP contribution in [0.5, 0.6) is 0 Å². The molecule has 1 nitrogen and oxygen atoms in total. The maximum atomic E-state index is 3.76. The van der Waals surface area contributed by atoms with Crippen LogP contribution in [0.1, 0.15) is 44.9 Å². The van der Waals surface area contributed by atoms with Gasteiger partial charge in [0.05, 0.1) is 5.69 Å². The minimum absolute atomic E-state index is 0.648. The van der Waals surface area contributed by atoms with E-state index >= 15 is 0 Å². The maximum absolute atomic E-state index is 3.76. The van der Waals surface area contributed by atoms with Gasteiger partial charge < -0.3 is 5.32 Å². The van der Waals surface area contributed by atoms with E-state index in [1.807, 2.05) is 0 Å². The van der Waals surface area contributed by atoms with Crippen molar-refractivity contribution in [1.82, 2.24) is 0 Å². The molecular formula is C16H21Br2N. The molecule has 0 radical (unpaired) electrons. The molecule has 2 fully saturated rings. The van der Waals surface area contributed by atoms with Gasteiger partial charge in [-0.15, -0.1) is 0 Å². The van der Waals surface area contributed by atoms with E-state index in [1.165, 1.54) is 50.6 Å². The minimum atomic E-state index is 0.648. The molecule has 104 valence electrons. The summed E-state index contributed by atoms with van der Waals surface area (Å²) in [5.41, 5.74) is 1.22. The van der Waals surface area contributed by atoms with Gasteiger partial charge in [0.25, 0.3) is 0 Å². The second-order valence-electron chi connectivity index (χ2n) is 6.06. The third kappa shape index (κ3) is 3.18. The Labute approximate surface area is 132 Å². The van der Waals surface area contributed by atoms with Crippen LogP contribution < -0.4 is 5.32 Å². The van der Waals surface area contributed by atoms with Gasteiger partial charge in [0.15, 0.2) is 0 Å². The van der Waals surface area contributed by atoms with Gasteiger partial charge in [-0.2, -0.15) is 0 Å². The molecule has 0 spiro atoms. The fourth-order valence-electron chi connectivity index (χ4n) is 3.84. The van der Waals surface area contributed by atoms with Crippen molar-refractivity contribution in [2.45, 2.75) is 51.0 Å². The van der Waals surface area contributed by atoms with Crippen molar-refractivity contribution < 1.29 is 0 Å². The van der Waals surface area contributed by atoms with Crippen LogP contribution in [0.3, 0.4) is 0 Å². The number of hydrogen-bond donors (Lipinski definition) is 1. The van der Waals surface area contributed by atoms with Gasteiger partial charge in [0.1, 0.15) is 0 Å². The van der Waals surface area contributed by atoms with Gasteiger partial charge in [0.2, 0.25) is 0 Å². The van der Waals surface area contributed by atoms with E-state index in [0.29, 0.717) is 6.04 Å². The first kappa shape index (κ1) is 13.9. The Morgan fingerprint density at radius 3 is 2.32 bits per heavy atom. The summed E-state index contributed by atoms with van der Waals surface area (Å²) in [6.45, 7) is 0. The predicted octanol–water partition coefficient (Wildman–Crippen LogP) is 5.98. The van der Waals surface area contributed by atoms with Crippen LogP contribution in [-0.4, -0.2) is 6.04 Å². The summed E-state index contributed by atoms with van der Waals surface area (Å²) in [7, 11) is 0. The van der Waals surface area contributed by atoms with E-state index in [1.54, 1.807) is 0 Å². The fourth-order valence-corrected chi connectivity index (χ4v) is 5.07. The van der Waals surface area contributed by atoms with Crippen LogP contribution in [0.4, 0.5) is 5.69 Å². The zero-order valence-electron chi connectivity index (χ0n) is 11.2. The van der Waals surface area contributed by atoms with E-state index < -0.39 is 0 Å². The first-order valence-electron chi connectivity index (χ1n) is 7.44. The molecule has 0 aromatic heterocycles. The Bertz CT molecular complexity index is 426. The molecule has 2 aliphatic rings. The molecule has 2 aliphatic carbocycles. The summed E-state index contributed by atoms with van der Waals surface area (Å²) in [6, 6.07) is 6.94. The molecule has 0 bridgehead atoms. The number of rotatable bonds is 2. The largest absolute Gasteiger partial charge is 0.380 e. The van der Waals surface area contributed by atoms with Crippen molar-refractivity contribution in [3.05, 3.63) is 27.1 Å². The molecule has 19 heavy (non-hydrogen) atoms. The lowest BCUT2D eigenvalue weighted by molar-refractivity contribution is 0.162. The molecule has 0 aliphatic heterocycles. The Balaban J connectivity index is 1.67. The average molecular weight is 387 g/mol. The highest BCUT2D eigenvalue weighted by atomic mass is 79.9. The highest BCUT2D eigenvalue weighted by molar-refractivity contribution is 9.11. The highest BCUT2D eigenvalue weighted by Crippen LogP contribution is 2.42. The van der Waals surface area contributed by atoms with E-state index in [-0.39, 0.29) is 0 Å². The topological polar surface area (TPSA) is 12.0 Å². The number of anilines is 1. The third-order valence-corrected chi connectivity index (χ3v) is 6.17. The summed E-state index contributed by atoms with van der Waals surface area (Å²) in [6.07, 6.45) is 9.97. The van der Waals surface area contributed by atoms with E-state index in [0.717, 1.165) is 20.8 Å². The van der Waals surface area contributed by atoms with Crippen molar-refractivity contribution in [1.29, 1.82) is 0 Å². The van der Waals surface area contributed by atoms with E-state index in [9.17, 15) is 0 Å². The van der Waals surface area contributed by atoms with Crippen LogP contribution in [0.15, 0.2) is 27.1 Å². The van der Waals surface area contributed by atoms with Crippen LogP contribution in [0.25, 0.3) is 0 Å². The van der Waals surface area contributed by atoms with Crippen LogP contribution >= 0.6 is 31.9 Å². The lowest BCUT2D eigenvalue weighted by Gasteiger charge is -2.40. The second-order valence-corrected chi connectivity index (χ2v) is 7.76. The predicted molar refractivity (Wildman–Crippen MR) is 88.6 cm³/mol. The lowest BCUT2D eigenvalue weighted by Crippen LogP contribution is -2.34. The average Bonchev–Trinajstić information content (AvgIpc) is 2.43. The van der Waals surface area contributed by atoms with Crippen LogP contribution in [0, 0.1) is 11.8 Å². The number of para-hydroxylation sites is 1. The molecule has 3 heteroatoms. The Hall–Kier alpha value is -0.0200. The molecule has 1 aromatic carbocycles. The monoisotopic (exact) mass is 385 g/mol. The SMILES string of the molecule is Brc1cccc(Br)c1NC1CCC2CCCCC2C1. The quantitative estimate of drug-likeness (QED) is 0.658. The summed E-state index contributed by atoms with van der Waals surface area (Å²) in [5.74, 6) is 2.00. The Morgan fingerprint density at radius 2 is 1.58 bits per heavy atom. The lowest BCUT2D eigenvalue weighted by atomic mass is 9.69. The number of nitrogens with one attached hydrogen (secondary N) is 1. The molecule has 0 heterocycles. The van der Waals surface area contributed by atoms with Crippen molar-refractivity contribution in [2.24, 2.45) is 11.8 Å². The molecule has 1 N–H and O–H groups in total. The standard InChI is InChI=1S/C16H21Br2N/c17-14-6-3-7-15(18)16(14)19-13-9-8-11-4-1-2-5-12(11)10-13/h3,6-7,11-13,19H,1-2,4-5,8-10H2. The molecule has 0 amide bonds. The van der Waals surface area contributed by atoms with E-state index in [2.05, 4.69) is 55.4 Å². The summed E-state index contributed by atoms with van der Waals surface area (Å²) >= 11 is 7.30. The number of halogens is 2. The van der Waals surface area contributed by atoms with Crippen molar-refractivity contribution in [3.8, 4) is 0 Å². The van der Waals surface area contributed by atoms with Crippen molar-refractivity contribution in [2.75, 3.05) is 5.32 Å². The first-order chi connectivity index (χ1) is 9.24. The number of benzene rings is 1. The van der Waals surface area contributed by atoms with Gasteiger partial charge >= 0.3 is 0 Å². The molecule has 3 rings (SSSR count). The van der Waals surface area contributed by atoms with E-state index in [4.69, 9.17) is 0 Å². The van der Waals surface area contributed by atoms with Gasteiger partial charge in [-0.3, -0.25) is 0 Å². The molecule has 2 saturated carbocycles. The third-order valence-electron chi connectivity index (χ3n) is 4.85. The van der Waals surface area contributed by atoms with Gasteiger partial charge in [-0.1, -0.05) is 31.7 Å². The minimum Gasteiger partial charge on any atom is -0.380 e. The van der Waals surface area contributed by atoms with Crippen molar-refractivity contribution >= 4 is 37.5 Å². The maximum Gasteiger partial charge on any atom is 0.0631 e. The first-order valence-corrected chi connectivity index (χ1v) is 9.03. The highest BCUT2D eigenvalue weighted by Gasteiger charge is 2.32. The summed E-state index contributed by atoms with van der Waals surface area (Å²) in [4.78, 5) is 0. The molecule has 0 saturated heterocycles. The second kappa shape index (κ2) is 6.17. The van der Waals surface area contributed by atoms with Crippen LogP contribution in [-0.2, 0) is 0 Å². The Morgan fingerprint density at radius 1 is 0.895 bits per heavy atom. The molecular weight excluding hydrogens is 366 g/mol. The normalized spacial score (nSPS) is 30.7. The smallest absolute Gasteiger partial charge is 0.0631 e. The zero-order chi connectivity index (χ0) is 13.2. The zero-order valence-corrected chi connectivity index (χ0v) is 14.3. The van der Waals surface area contributed by atoms with Crippen molar-refractivity contribution in [3.63, 3.8) is 0 Å². The fraction of sp³-hybridized carbons (Fsp3) is 0.625. The molecule has 3 atom stereocenters. The molecule has 1 aromatic rings. The van der Waals surface area contributed by atoms with Gasteiger partial charge in [0, 0.05) is 15.0 Å². The Kier molecular flexibility index (Phi) is 4.53. The summed E-state index contributed by atoms with van der Waals surface area (Å²) < 4.78 is 2.32. The number of hydrogen-bond acceptors (Lipinski definition) is 1. The van der Waals surface area contributed by atoms with Crippen LogP contribution in [0.2, 0.25) is 0 Å². The molecule has 3 unspecified atom stereocenters. The van der Waals surface area contributed by atoms with Gasteiger partial charge in [-0.05, 0) is 75.1 Å². The summed E-state index contributed by atoms with van der Waals surface area (Å²) in [5, 5.41) is 3.76. The van der Waals surface area contributed by atoms with Gasteiger partial charge in [-0.25, -0.2) is 0 Å². The number of fused-ring (bicyclic) bond motifs is 1.